The van der Waals surface area contributed by atoms with E-state index >= 15 is 0 Å². The van der Waals surface area contributed by atoms with Crippen LogP contribution in [-0.4, -0.2) is 59.7 Å². The van der Waals surface area contributed by atoms with E-state index in [-0.39, 0.29) is 11.9 Å². The van der Waals surface area contributed by atoms with Gasteiger partial charge in [0.2, 0.25) is 5.91 Å². The van der Waals surface area contributed by atoms with Crippen LogP contribution >= 0.6 is 0 Å². The number of rotatable bonds is 4. The number of carbonyl (C=O) groups is 3. The van der Waals surface area contributed by atoms with Gasteiger partial charge in [0.25, 0.3) is 0 Å². The van der Waals surface area contributed by atoms with E-state index in [1.807, 2.05) is 13.8 Å². The summed E-state index contributed by atoms with van der Waals surface area (Å²) in [6.45, 7) is 9.70. The van der Waals surface area contributed by atoms with Crippen LogP contribution in [-0.2, 0) is 14.4 Å². The summed E-state index contributed by atoms with van der Waals surface area (Å²) < 4.78 is 0. The van der Waals surface area contributed by atoms with Gasteiger partial charge in [0.1, 0.15) is 0 Å². The van der Waals surface area contributed by atoms with Crippen LogP contribution in [0, 0.1) is 5.92 Å². The summed E-state index contributed by atoms with van der Waals surface area (Å²) in [5.41, 5.74) is 0. The molecule has 1 saturated heterocycles. The maximum atomic E-state index is 12.0. The number of piperazine rings is 1. The summed E-state index contributed by atoms with van der Waals surface area (Å²) in [7, 11) is 0. The van der Waals surface area contributed by atoms with Crippen LogP contribution in [0.1, 0.15) is 40.5 Å². The molecule has 0 aromatic heterocycles. The van der Waals surface area contributed by atoms with Gasteiger partial charge in [0, 0.05) is 38.6 Å². The van der Waals surface area contributed by atoms with E-state index in [2.05, 4.69) is 19.2 Å². The fourth-order valence-electron chi connectivity index (χ4n) is 2.20. The molecule has 6 nitrogen and oxygen atoms in total. The lowest BCUT2D eigenvalue weighted by Crippen LogP contribution is -2.54. The smallest absolute Gasteiger partial charge is 0.312 e. The molecular formula is C15H27N3O3. The highest BCUT2D eigenvalue weighted by atomic mass is 16.2. The Hall–Kier alpha value is -1.59. The third kappa shape index (κ3) is 5.73. The first-order valence-corrected chi connectivity index (χ1v) is 7.68. The summed E-state index contributed by atoms with van der Waals surface area (Å²) in [5.74, 6) is -0.415. The minimum atomic E-state index is -0.565. The Kier molecular flexibility index (Phi) is 6.65. The summed E-state index contributed by atoms with van der Waals surface area (Å²) >= 11 is 0. The van der Waals surface area contributed by atoms with Gasteiger partial charge in [-0.3, -0.25) is 14.4 Å². The lowest BCUT2D eigenvalue weighted by molar-refractivity contribution is -0.148. The van der Waals surface area contributed by atoms with Crippen molar-refractivity contribution in [1.29, 1.82) is 0 Å². The molecule has 120 valence electrons. The lowest BCUT2D eigenvalue weighted by atomic mass is 10.1. The Bertz CT molecular complexity index is 386. The second-order valence-corrected chi connectivity index (χ2v) is 6.23. The van der Waals surface area contributed by atoms with Crippen molar-refractivity contribution in [1.82, 2.24) is 15.1 Å². The van der Waals surface area contributed by atoms with Crippen molar-refractivity contribution < 1.29 is 14.4 Å². The molecule has 0 aromatic rings. The zero-order chi connectivity index (χ0) is 16.0. The summed E-state index contributed by atoms with van der Waals surface area (Å²) in [4.78, 5) is 38.9. The third-order valence-corrected chi connectivity index (χ3v) is 3.47. The highest BCUT2D eigenvalue weighted by Crippen LogP contribution is 2.09. The number of carbonyl (C=O) groups excluding carboxylic acids is 3. The highest BCUT2D eigenvalue weighted by molar-refractivity contribution is 6.35. The summed E-state index contributed by atoms with van der Waals surface area (Å²) in [6.07, 6.45) is 1.44. The number of nitrogens with one attached hydrogen (secondary N) is 1. The van der Waals surface area contributed by atoms with E-state index in [0.717, 1.165) is 6.42 Å². The topological polar surface area (TPSA) is 69.7 Å². The third-order valence-electron chi connectivity index (χ3n) is 3.47. The van der Waals surface area contributed by atoms with Gasteiger partial charge in [-0.25, -0.2) is 0 Å². The largest absolute Gasteiger partial charge is 0.346 e. The quantitative estimate of drug-likeness (QED) is 0.773. The lowest BCUT2D eigenvalue weighted by Gasteiger charge is -2.34. The fraction of sp³-hybridized carbons (Fsp3) is 0.800. The van der Waals surface area contributed by atoms with Crippen LogP contribution in [0.4, 0.5) is 0 Å². The van der Waals surface area contributed by atoms with Crippen molar-refractivity contribution >= 4 is 17.7 Å². The summed E-state index contributed by atoms with van der Waals surface area (Å²) in [5, 5.41) is 2.60. The molecule has 21 heavy (non-hydrogen) atoms. The molecule has 1 heterocycles. The molecule has 1 aliphatic rings. The van der Waals surface area contributed by atoms with E-state index in [1.165, 1.54) is 4.90 Å². The van der Waals surface area contributed by atoms with Crippen molar-refractivity contribution in [2.24, 2.45) is 5.92 Å². The number of nitrogens with zero attached hydrogens (tertiary/aromatic N) is 2. The zero-order valence-corrected chi connectivity index (χ0v) is 13.5. The van der Waals surface area contributed by atoms with Crippen molar-refractivity contribution in [2.75, 3.05) is 26.2 Å². The first-order chi connectivity index (χ1) is 9.81. The molecule has 0 unspecified atom stereocenters. The van der Waals surface area contributed by atoms with Crippen molar-refractivity contribution in [3.63, 3.8) is 0 Å². The molecular weight excluding hydrogens is 270 g/mol. The molecule has 0 saturated carbocycles. The maximum Gasteiger partial charge on any atom is 0.312 e. The van der Waals surface area contributed by atoms with E-state index in [0.29, 0.717) is 38.5 Å². The Morgan fingerprint density at radius 2 is 1.48 bits per heavy atom. The minimum Gasteiger partial charge on any atom is -0.346 e. The average molecular weight is 297 g/mol. The summed E-state index contributed by atoms with van der Waals surface area (Å²) in [6, 6.07) is -0.0552. The van der Waals surface area contributed by atoms with Gasteiger partial charge >= 0.3 is 11.8 Å². The van der Waals surface area contributed by atoms with Crippen LogP contribution in [0.3, 0.4) is 0 Å². The highest BCUT2D eigenvalue weighted by Gasteiger charge is 2.27. The van der Waals surface area contributed by atoms with Crippen molar-refractivity contribution in [3.8, 4) is 0 Å². The van der Waals surface area contributed by atoms with Crippen LogP contribution in [0.25, 0.3) is 0 Å². The fourth-order valence-corrected chi connectivity index (χ4v) is 2.20. The van der Waals surface area contributed by atoms with Gasteiger partial charge in [0.05, 0.1) is 0 Å². The predicted octanol–water partition coefficient (Wildman–Crippen LogP) is 0.618. The van der Waals surface area contributed by atoms with Crippen LogP contribution < -0.4 is 5.32 Å². The minimum absolute atomic E-state index is 0.0552. The second kappa shape index (κ2) is 8.00. The van der Waals surface area contributed by atoms with Gasteiger partial charge in [-0.05, 0) is 26.2 Å². The van der Waals surface area contributed by atoms with Gasteiger partial charge in [-0.15, -0.1) is 0 Å². The molecule has 1 aliphatic heterocycles. The van der Waals surface area contributed by atoms with Crippen molar-refractivity contribution in [3.05, 3.63) is 0 Å². The van der Waals surface area contributed by atoms with Crippen LogP contribution in [0.5, 0.6) is 0 Å². The Morgan fingerprint density at radius 3 is 1.95 bits per heavy atom. The first kappa shape index (κ1) is 17.5. The predicted molar refractivity (Wildman–Crippen MR) is 80.5 cm³/mol. The molecule has 1 fully saturated rings. The Morgan fingerprint density at radius 1 is 0.952 bits per heavy atom. The van der Waals surface area contributed by atoms with E-state index in [4.69, 9.17) is 0 Å². The Balaban J connectivity index is 2.39. The molecule has 0 spiro atoms. The molecule has 6 heteroatoms. The molecule has 0 radical (unpaired) electrons. The van der Waals surface area contributed by atoms with Gasteiger partial charge < -0.3 is 15.1 Å². The van der Waals surface area contributed by atoms with Gasteiger partial charge in [-0.2, -0.15) is 0 Å². The first-order valence-electron chi connectivity index (χ1n) is 7.68. The maximum absolute atomic E-state index is 12.0. The standard InChI is InChI=1S/C15H27N3O3/c1-11(2)5-6-13(19)17-7-9-18(10-8-17)15(21)14(20)16-12(3)4/h11-12H,5-10H2,1-4H3,(H,16,20). The average Bonchev–Trinajstić information content (AvgIpc) is 2.43. The van der Waals surface area contributed by atoms with Gasteiger partial charge in [0.15, 0.2) is 0 Å². The molecule has 1 N–H and O–H groups in total. The van der Waals surface area contributed by atoms with Gasteiger partial charge in [-0.1, -0.05) is 13.8 Å². The second-order valence-electron chi connectivity index (χ2n) is 6.23. The van der Waals surface area contributed by atoms with Crippen LogP contribution in [0.2, 0.25) is 0 Å². The molecule has 0 aromatic carbocycles. The number of hydrogen-bond donors (Lipinski definition) is 1. The van der Waals surface area contributed by atoms with E-state index < -0.39 is 11.8 Å². The molecule has 1 rings (SSSR count). The molecule has 0 aliphatic carbocycles. The SMILES string of the molecule is CC(C)CCC(=O)N1CCN(C(=O)C(=O)NC(C)C)CC1. The number of hydrogen-bond acceptors (Lipinski definition) is 3. The molecule has 0 bridgehead atoms. The zero-order valence-electron chi connectivity index (χ0n) is 13.5. The monoisotopic (exact) mass is 297 g/mol. The number of amides is 3. The van der Waals surface area contributed by atoms with E-state index in [1.54, 1.807) is 4.90 Å². The van der Waals surface area contributed by atoms with Crippen LogP contribution in [0.15, 0.2) is 0 Å². The molecule has 0 atom stereocenters. The van der Waals surface area contributed by atoms with E-state index in [9.17, 15) is 14.4 Å². The van der Waals surface area contributed by atoms with Crippen molar-refractivity contribution in [2.45, 2.75) is 46.6 Å². The Labute approximate surface area is 126 Å². The normalized spacial score (nSPS) is 15.5. The molecule has 3 amide bonds.